The molecule has 0 radical (unpaired) electrons. The van der Waals surface area contributed by atoms with Crippen molar-refractivity contribution in [1.29, 1.82) is 0 Å². The quantitative estimate of drug-likeness (QED) is 0.579. The van der Waals surface area contributed by atoms with Crippen LogP contribution >= 0.6 is 0 Å². The van der Waals surface area contributed by atoms with Crippen molar-refractivity contribution in [2.75, 3.05) is 0 Å². The van der Waals surface area contributed by atoms with Crippen LogP contribution in [0.1, 0.15) is 73.6 Å². The number of hydrogen-bond acceptors (Lipinski definition) is 5. The maximum Gasteiger partial charge on any atom is 0.185 e. The number of aliphatic hydroxyl groups is 2. The molecule has 1 saturated carbocycles. The molecule has 5 heteroatoms. The van der Waals surface area contributed by atoms with Crippen molar-refractivity contribution in [2.24, 2.45) is 29.6 Å². The number of carbonyl (C=O) groups excluding carboxylic acids is 3. The third kappa shape index (κ3) is 5.01. The third-order valence-electron chi connectivity index (χ3n) is 5.31. The minimum absolute atomic E-state index is 0.0248. The summed E-state index contributed by atoms with van der Waals surface area (Å²) in [5.74, 6) is -3.54. The molecule has 0 aromatic rings. The van der Waals surface area contributed by atoms with E-state index in [0.29, 0.717) is 31.1 Å². The smallest absolute Gasteiger partial charge is 0.185 e. The van der Waals surface area contributed by atoms with Crippen LogP contribution in [0.3, 0.4) is 0 Å². The molecule has 0 spiro atoms. The Balaban J connectivity index is 3.17. The van der Waals surface area contributed by atoms with E-state index >= 15 is 0 Å². The predicted molar refractivity (Wildman–Crippen MR) is 101 cm³/mol. The molecule has 4 atom stereocenters. The summed E-state index contributed by atoms with van der Waals surface area (Å²) in [5.41, 5.74) is -2.14. The number of carbonyl (C=O) groups is 3. The number of ketones is 3. The van der Waals surface area contributed by atoms with Crippen molar-refractivity contribution in [2.45, 2.75) is 85.4 Å². The normalized spacial score (nSPS) is 27.8. The van der Waals surface area contributed by atoms with E-state index in [1.54, 1.807) is 0 Å². The van der Waals surface area contributed by atoms with Crippen LogP contribution in [-0.2, 0) is 14.4 Å². The van der Waals surface area contributed by atoms with E-state index in [4.69, 9.17) is 0 Å². The van der Waals surface area contributed by atoms with Gasteiger partial charge in [0, 0.05) is 6.42 Å². The lowest BCUT2D eigenvalue weighted by Gasteiger charge is -2.33. The van der Waals surface area contributed by atoms with Gasteiger partial charge in [0.25, 0.3) is 0 Å². The summed E-state index contributed by atoms with van der Waals surface area (Å²) in [6, 6.07) is 0. The highest BCUT2D eigenvalue weighted by molar-refractivity contribution is 6.27. The molecule has 2 N–H and O–H groups in total. The number of Topliss-reactive ketones (excluding diaryl/α,β-unsaturated/α-hetero) is 3. The zero-order chi connectivity index (χ0) is 20.2. The lowest BCUT2D eigenvalue weighted by molar-refractivity contribution is -0.157. The SMILES string of the molecule is CC(C)CCC(O)C1(O)C(=O)C(C(=O)CC(C)C)C(=O)C1CCC(C)C. The van der Waals surface area contributed by atoms with Gasteiger partial charge >= 0.3 is 0 Å². The molecule has 0 bridgehead atoms. The molecule has 26 heavy (non-hydrogen) atoms. The van der Waals surface area contributed by atoms with Gasteiger partial charge in [0.1, 0.15) is 5.92 Å². The largest absolute Gasteiger partial charge is 0.390 e. The molecule has 0 saturated heterocycles. The van der Waals surface area contributed by atoms with Crippen molar-refractivity contribution < 1.29 is 24.6 Å². The summed E-state index contributed by atoms with van der Waals surface area (Å²) < 4.78 is 0. The molecule has 1 aliphatic carbocycles. The summed E-state index contributed by atoms with van der Waals surface area (Å²) >= 11 is 0. The Morgan fingerprint density at radius 1 is 0.962 bits per heavy atom. The van der Waals surface area contributed by atoms with Gasteiger partial charge in [-0.05, 0) is 37.0 Å². The Kier molecular flexibility index (Phi) is 8.15. The average molecular weight is 369 g/mol. The molecule has 5 nitrogen and oxygen atoms in total. The highest BCUT2D eigenvalue weighted by Crippen LogP contribution is 2.42. The summed E-state index contributed by atoms with van der Waals surface area (Å²) in [5, 5.41) is 21.8. The summed E-state index contributed by atoms with van der Waals surface area (Å²) in [6.45, 7) is 11.7. The lowest BCUT2D eigenvalue weighted by atomic mass is 9.78. The first-order valence-corrected chi connectivity index (χ1v) is 9.94. The highest BCUT2D eigenvalue weighted by atomic mass is 16.4. The topological polar surface area (TPSA) is 91.7 Å². The summed E-state index contributed by atoms with van der Waals surface area (Å²) in [6.07, 6.45) is 0.618. The van der Waals surface area contributed by atoms with Crippen LogP contribution < -0.4 is 0 Å². The van der Waals surface area contributed by atoms with Crippen molar-refractivity contribution in [3.63, 3.8) is 0 Å². The monoisotopic (exact) mass is 368 g/mol. The predicted octanol–water partition coefficient (Wildman–Crippen LogP) is 2.95. The maximum atomic E-state index is 13.0. The fourth-order valence-corrected chi connectivity index (χ4v) is 3.75. The van der Waals surface area contributed by atoms with Crippen LogP contribution in [-0.4, -0.2) is 39.3 Å². The van der Waals surface area contributed by atoms with E-state index < -0.39 is 40.9 Å². The van der Waals surface area contributed by atoms with Gasteiger partial charge in [0.2, 0.25) is 0 Å². The molecule has 1 aliphatic rings. The molecule has 4 unspecified atom stereocenters. The molecule has 0 heterocycles. The number of aliphatic hydroxyl groups excluding tert-OH is 1. The first-order chi connectivity index (χ1) is 11.9. The van der Waals surface area contributed by atoms with Crippen LogP contribution in [0.15, 0.2) is 0 Å². The highest BCUT2D eigenvalue weighted by Gasteiger charge is 2.63. The van der Waals surface area contributed by atoms with Crippen LogP contribution in [0.4, 0.5) is 0 Å². The minimum atomic E-state index is -2.14. The first-order valence-electron chi connectivity index (χ1n) is 9.94. The van der Waals surface area contributed by atoms with Gasteiger partial charge in [-0.2, -0.15) is 0 Å². The van der Waals surface area contributed by atoms with E-state index in [1.807, 2.05) is 41.5 Å². The molecule has 1 fully saturated rings. The van der Waals surface area contributed by atoms with E-state index in [1.165, 1.54) is 0 Å². The molecule has 0 amide bonds. The van der Waals surface area contributed by atoms with Crippen LogP contribution in [0, 0.1) is 29.6 Å². The van der Waals surface area contributed by atoms with Gasteiger partial charge < -0.3 is 10.2 Å². The Labute approximate surface area is 157 Å². The van der Waals surface area contributed by atoms with Gasteiger partial charge in [0.05, 0.1) is 12.0 Å². The van der Waals surface area contributed by atoms with Crippen LogP contribution in [0.25, 0.3) is 0 Å². The Morgan fingerprint density at radius 3 is 1.96 bits per heavy atom. The Hall–Kier alpha value is -1.07. The van der Waals surface area contributed by atoms with E-state index in [9.17, 15) is 24.6 Å². The second-order valence-corrected chi connectivity index (χ2v) is 9.10. The maximum absolute atomic E-state index is 13.0. The van der Waals surface area contributed by atoms with Crippen molar-refractivity contribution >= 4 is 17.3 Å². The number of rotatable bonds is 10. The van der Waals surface area contributed by atoms with Crippen LogP contribution in [0.2, 0.25) is 0 Å². The van der Waals surface area contributed by atoms with E-state index in [2.05, 4.69) is 0 Å². The zero-order valence-corrected chi connectivity index (χ0v) is 17.1. The molecular weight excluding hydrogens is 332 g/mol. The molecule has 150 valence electrons. The fraction of sp³-hybridized carbons (Fsp3) is 0.857. The zero-order valence-electron chi connectivity index (χ0n) is 17.1. The second-order valence-electron chi connectivity index (χ2n) is 9.10. The number of hydrogen-bond donors (Lipinski definition) is 2. The van der Waals surface area contributed by atoms with Crippen molar-refractivity contribution in [1.82, 2.24) is 0 Å². The van der Waals surface area contributed by atoms with E-state index in [0.717, 1.165) is 0 Å². The lowest BCUT2D eigenvalue weighted by Crippen LogP contribution is -2.52. The van der Waals surface area contributed by atoms with Crippen molar-refractivity contribution in [3.05, 3.63) is 0 Å². The third-order valence-corrected chi connectivity index (χ3v) is 5.31. The molecule has 0 aromatic carbocycles. The van der Waals surface area contributed by atoms with Gasteiger partial charge in [-0.1, -0.05) is 48.0 Å². The molecule has 0 aromatic heterocycles. The van der Waals surface area contributed by atoms with Crippen LogP contribution in [0.5, 0.6) is 0 Å². The standard InChI is InChI=1S/C21H36O5/c1-12(2)7-9-15-19(24)18(16(22)11-14(5)6)20(25)21(15,26)17(23)10-8-13(3)4/h12-15,17-18,23,26H,7-11H2,1-6H3. The second kappa shape index (κ2) is 9.23. The van der Waals surface area contributed by atoms with E-state index in [-0.39, 0.29) is 18.8 Å². The minimum Gasteiger partial charge on any atom is -0.390 e. The summed E-state index contributed by atoms with van der Waals surface area (Å²) in [4.78, 5) is 38.3. The van der Waals surface area contributed by atoms with Gasteiger partial charge in [-0.15, -0.1) is 0 Å². The van der Waals surface area contributed by atoms with Gasteiger partial charge in [-0.3, -0.25) is 14.4 Å². The van der Waals surface area contributed by atoms with Gasteiger partial charge in [-0.25, -0.2) is 0 Å². The van der Waals surface area contributed by atoms with Crippen molar-refractivity contribution in [3.8, 4) is 0 Å². The first kappa shape index (κ1) is 23.0. The average Bonchev–Trinajstić information content (AvgIpc) is 2.69. The Bertz CT molecular complexity index is 522. The molecular formula is C21H36O5. The fourth-order valence-electron chi connectivity index (χ4n) is 3.75. The van der Waals surface area contributed by atoms with Gasteiger partial charge in [0.15, 0.2) is 23.0 Å². The molecule has 1 rings (SSSR count). The molecule has 0 aliphatic heterocycles. The summed E-state index contributed by atoms with van der Waals surface area (Å²) in [7, 11) is 0. The Morgan fingerprint density at radius 2 is 1.50 bits per heavy atom.